The van der Waals surface area contributed by atoms with Crippen LogP contribution in [0.15, 0.2) is 0 Å². The van der Waals surface area contributed by atoms with E-state index in [-0.39, 0.29) is 6.54 Å². The van der Waals surface area contributed by atoms with Gasteiger partial charge in [-0.3, -0.25) is 9.59 Å². The van der Waals surface area contributed by atoms with E-state index in [0.717, 1.165) is 4.90 Å². The number of primary amides is 1. The molecule has 1 atom stereocenters. The largest absolute Gasteiger partial charge is 0.481 e. The maximum Gasteiger partial charge on any atom is 0.326 e. The van der Waals surface area contributed by atoms with Gasteiger partial charge in [-0.25, -0.2) is 9.59 Å². The fourth-order valence-corrected chi connectivity index (χ4v) is 1.26. The van der Waals surface area contributed by atoms with Gasteiger partial charge in [0.2, 0.25) is 5.91 Å². The molecule has 0 fully saturated rings. The Balaban J connectivity index is 4.80. The molecule has 19 heavy (non-hydrogen) atoms. The van der Waals surface area contributed by atoms with Crippen molar-refractivity contribution in [1.29, 1.82) is 0 Å². The number of rotatable bonds is 7. The third kappa shape index (κ3) is 6.24. The number of hydrogen-bond donors (Lipinski definition) is 4. The third-order valence-electron chi connectivity index (χ3n) is 2.18. The molecule has 0 aliphatic rings. The van der Waals surface area contributed by atoms with Crippen molar-refractivity contribution < 1.29 is 29.4 Å². The maximum absolute atomic E-state index is 11.8. The number of urea groups is 1. The molecular formula is C10H17N3O6. The number of carboxylic acids is 2. The first-order chi connectivity index (χ1) is 8.65. The van der Waals surface area contributed by atoms with Gasteiger partial charge >= 0.3 is 18.0 Å². The molecule has 0 aromatic carbocycles. The summed E-state index contributed by atoms with van der Waals surface area (Å²) in [6, 6.07) is -2.83. The van der Waals surface area contributed by atoms with Crippen LogP contribution in [0.25, 0.3) is 0 Å². The van der Waals surface area contributed by atoms with Crippen LogP contribution in [0.3, 0.4) is 0 Å². The van der Waals surface area contributed by atoms with Crippen LogP contribution in [0.4, 0.5) is 4.79 Å². The lowest BCUT2D eigenvalue weighted by Gasteiger charge is -2.27. The summed E-state index contributed by atoms with van der Waals surface area (Å²) >= 11 is 0. The Hall–Kier alpha value is -2.32. The quantitative estimate of drug-likeness (QED) is 0.459. The molecule has 0 aromatic heterocycles. The van der Waals surface area contributed by atoms with E-state index in [1.54, 1.807) is 13.8 Å². The van der Waals surface area contributed by atoms with Crippen molar-refractivity contribution >= 4 is 23.9 Å². The van der Waals surface area contributed by atoms with Gasteiger partial charge in [0.25, 0.3) is 0 Å². The highest BCUT2D eigenvalue weighted by molar-refractivity contribution is 5.88. The van der Waals surface area contributed by atoms with Crippen molar-refractivity contribution in [2.75, 3.05) is 6.54 Å². The fourth-order valence-electron chi connectivity index (χ4n) is 1.26. The zero-order valence-corrected chi connectivity index (χ0v) is 10.6. The highest BCUT2D eigenvalue weighted by atomic mass is 16.4. The van der Waals surface area contributed by atoms with Gasteiger partial charge in [0.05, 0.1) is 6.42 Å². The van der Waals surface area contributed by atoms with Gasteiger partial charge in [-0.1, -0.05) is 0 Å². The topological polar surface area (TPSA) is 150 Å². The Morgan fingerprint density at radius 2 is 1.74 bits per heavy atom. The lowest BCUT2D eigenvalue weighted by atomic mass is 10.2. The normalized spacial score (nSPS) is 11.7. The van der Waals surface area contributed by atoms with E-state index in [9.17, 15) is 19.2 Å². The van der Waals surface area contributed by atoms with E-state index in [1.807, 2.05) is 5.32 Å². The number of nitrogens with one attached hydrogen (secondary N) is 1. The Bertz CT molecular complexity index is 381. The molecule has 0 spiro atoms. The van der Waals surface area contributed by atoms with Gasteiger partial charge in [-0.05, 0) is 13.8 Å². The molecule has 0 heterocycles. The summed E-state index contributed by atoms with van der Waals surface area (Å²) in [5.74, 6) is -3.59. The molecule has 9 heteroatoms. The summed E-state index contributed by atoms with van der Waals surface area (Å²) in [6.45, 7) is 2.83. The van der Waals surface area contributed by atoms with E-state index in [0.29, 0.717) is 0 Å². The Morgan fingerprint density at radius 1 is 1.21 bits per heavy atom. The van der Waals surface area contributed by atoms with Crippen molar-refractivity contribution in [2.24, 2.45) is 5.73 Å². The smallest absolute Gasteiger partial charge is 0.326 e. The second-order valence-electron chi connectivity index (χ2n) is 4.13. The minimum atomic E-state index is -1.57. The number of carboxylic acid groups (broad SMARTS) is 2. The van der Waals surface area contributed by atoms with Crippen molar-refractivity contribution in [1.82, 2.24) is 10.2 Å². The van der Waals surface area contributed by atoms with Crippen molar-refractivity contribution in [2.45, 2.75) is 32.4 Å². The average molecular weight is 275 g/mol. The molecule has 108 valence electrons. The molecule has 0 saturated carbocycles. The van der Waals surface area contributed by atoms with Gasteiger partial charge in [0.1, 0.15) is 12.6 Å². The van der Waals surface area contributed by atoms with Gasteiger partial charge < -0.3 is 26.2 Å². The third-order valence-corrected chi connectivity index (χ3v) is 2.18. The predicted octanol–water partition coefficient (Wildman–Crippen LogP) is -1.18. The van der Waals surface area contributed by atoms with Crippen LogP contribution < -0.4 is 11.1 Å². The van der Waals surface area contributed by atoms with E-state index in [2.05, 4.69) is 0 Å². The molecular weight excluding hydrogens is 258 g/mol. The van der Waals surface area contributed by atoms with Crippen molar-refractivity contribution in [3.8, 4) is 0 Å². The maximum atomic E-state index is 11.8. The molecule has 0 unspecified atom stereocenters. The number of carbonyl (C=O) groups is 4. The van der Waals surface area contributed by atoms with Crippen LogP contribution >= 0.6 is 0 Å². The number of carbonyl (C=O) groups excluding carboxylic acids is 2. The van der Waals surface area contributed by atoms with Crippen LogP contribution in [0.5, 0.6) is 0 Å². The Labute approximate surface area is 109 Å². The van der Waals surface area contributed by atoms with E-state index < -0.39 is 42.4 Å². The predicted molar refractivity (Wildman–Crippen MR) is 63.2 cm³/mol. The molecule has 0 rings (SSSR count). The highest BCUT2D eigenvalue weighted by Gasteiger charge is 2.27. The summed E-state index contributed by atoms with van der Waals surface area (Å²) < 4.78 is 0. The number of amides is 3. The molecule has 9 nitrogen and oxygen atoms in total. The van der Waals surface area contributed by atoms with Gasteiger partial charge in [0.15, 0.2) is 0 Å². The first-order valence-electron chi connectivity index (χ1n) is 5.45. The molecule has 0 aliphatic heterocycles. The Kier molecular flexibility index (Phi) is 6.31. The molecule has 0 saturated heterocycles. The molecule has 0 radical (unpaired) electrons. The summed E-state index contributed by atoms with van der Waals surface area (Å²) in [7, 11) is 0. The minimum absolute atomic E-state index is 0.386. The number of aliphatic carboxylic acids is 2. The first kappa shape index (κ1) is 16.7. The number of nitrogens with two attached hydrogens (primary N) is 1. The van der Waals surface area contributed by atoms with Crippen LogP contribution in [0, 0.1) is 0 Å². The monoisotopic (exact) mass is 275 g/mol. The second-order valence-corrected chi connectivity index (χ2v) is 4.13. The molecule has 0 aromatic rings. The van der Waals surface area contributed by atoms with Crippen LogP contribution in [0.2, 0.25) is 0 Å². The lowest BCUT2D eigenvalue weighted by molar-refractivity contribution is -0.145. The van der Waals surface area contributed by atoms with E-state index >= 15 is 0 Å². The van der Waals surface area contributed by atoms with Crippen LogP contribution in [-0.4, -0.2) is 57.6 Å². The molecule has 0 aliphatic carbocycles. The number of hydrogen-bond acceptors (Lipinski definition) is 4. The van der Waals surface area contributed by atoms with E-state index in [1.165, 1.54) is 0 Å². The Morgan fingerprint density at radius 3 is 2.05 bits per heavy atom. The standard InChI is InChI=1S/C10H17N3O6/c1-5(2)13(4-7(11)14)10(19)12-6(9(17)18)3-8(15)16/h5-6H,3-4H2,1-2H3,(H2,11,14)(H,12,19)(H,15,16)(H,17,18)/t6-/m1/s1. The minimum Gasteiger partial charge on any atom is -0.481 e. The molecule has 0 bridgehead atoms. The van der Waals surface area contributed by atoms with Crippen molar-refractivity contribution in [3.63, 3.8) is 0 Å². The highest BCUT2D eigenvalue weighted by Crippen LogP contribution is 2.01. The summed E-state index contributed by atoms with van der Waals surface area (Å²) in [4.78, 5) is 44.9. The zero-order valence-electron chi connectivity index (χ0n) is 10.6. The first-order valence-corrected chi connectivity index (χ1v) is 5.45. The summed E-state index contributed by atoms with van der Waals surface area (Å²) in [5.41, 5.74) is 4.97. The SMILES string of the molecule is CC(C)N(CC(N)=O)C(=O)N[C@H](CC(=O)O)C(=O)O. The summed E-state index contributed by atoms with van der Waals surface area (Å²) in [5, 5.41) is 19.4. The van der Waals surface area contributed by atoms with Gasteiger partial charge in [-0.15, -0.1) is 0 Å². The van der Waals surface area contributed by atoms with Gasteiger partial charge in [-0.2, -0.15) is 0 Å². The van der Waals surface area contributed by atoms with Crippen LogP contribution in [-0.2, 0) is 14.4 Å². The zero-order chi connectivity index (χ0) is 15.2. The fraction of sp³-hybridized carbons (Fsp3) is 0.600. The second kappa shape index (κ2) is 7.19. The van der Waals surface area contributed by atoms with E-state index in [4.69, 9.17) is 15.9 Å². The van der Waals surface area contributed by atoms with Crippen LogP contribution in [0.1, 0.15) is 20.3 Å². The number of nitrogens with zero attached hydrogens (tertiary/aromatic N) is 1. The molecule has 5 N–H and O–H groups in total. The van der Waals surface area contributed by atoms with Gasteiger partial charge in [0, 0.05) is 6.04 Å². The van der Waals surface area contributed by atoms with Crippen molar-refractivity contribution in [3.05, 3.63) is 0 Å². The summed E-state index contributed by atoms with van der Waals surface area (Å²) in [6.07, 6.45) is -0.760. The lowest BCUT2D eigenvalue weighted by Crippen LogP contribution is -2.52. The molecule has 3 amide bonds. The average Bonchev–Trinajstić information content (AvgIpc) is 2.23.